The molecule has 1 N–H and O–H groups in total. The van der Waals surface area contributed by atoms with Crippen LogP contribution in [0.2, 0.25) is 0 Å². The van der Waals surface area contributed by atoms with Crippen LogP contribution in [0.15, 0.2) is 120 Å². The lowest BCUT2D eigenvalue weighted by Crippen LogP contribution is -2.17. The fourth-order valence-electron chi connectivity index (χ4n) is 4.29. The minimum Gasteiger partial charge on any atom is -0.494 e. The lowest BCUT2D eigenvalue weighted by atomic mass is 10.1. The van der Waals surface area contributed by atoms with Crippen molar-refractivity contribution in [1.82, 2.24) is 9.99 Å². The van der Waals surface area contributed by atoms with Crippen molar-refractivity contribution in [1.29, 1.82) is 0 Å². The number of benzene rings is 4. The van der Waals surface area contributed by atoms with Crippen LogP contribution >= 0.6 is 0 Å². The van der Waals surface area contributed by atoms with Crippen molar-refractivity contribution >= 4 is 12.1 Å². The van der Waals surface area contributed by atoms with E-state index in [0.717, 1.165) is 39.5 Å². The molecule has 0 saturated carbocycles. The Bertz CT molecular complexity index is 1540. The molecule has 0 spiro atoms. The molecule has 0 radical (unpaired) electrons. The van der Waals surface area contributed by atoms with E-state index in [1.54, 1.807) is 6.21 Å². The van der Waals surface area contributed by atoms with Crippen molar-refractivity contribution in [2.75, 3.05) is 6.61 Å². The van der Waals surface area contributed by atoms with Crippen LogP contribution in [0.4, 0.5) is 4.39 Å². The predicted octanol–water partition coefficient (Wildman–Crippen LogP) is 7.11. The van der Waals surface area contributed by atoms with Crippen LogP contribution in [-0.4, -0.2) is 23.3 Å². The summed E-state index contributed by atoms with van der Waals surface area (Å²) in [7, 11) is 0. The minimum absolute atomic E-state index is 0.323. The molecule has 0 atom stereocenters. The Hall–Kier alpha value is -4.97. The maximum absolute atomic E-state index is 13.2. The van der Waals surface area contributed by atoms with E-state index in [0.29, 0.717) is 12.2 Å². The summed E-state index contributed by atoms with van der Waals surface area (Å²) >= 11 is 0. The fraction of sp³-hybridized carbons (Fsp3) is 0.0625. The van der Waals surface area contributed by atoms with Crippen molar-refractivity contribution < 1.29 is 13.9 Å². The van der Waals surface area contributed by atoms with Crippen LogP contribution in [-0.2, 0) is 0 Å². The van der Waals surface area contributed by atoms with E-state index in [1.165, 1.54) is 24.3 Å². The second-order valence-electron chi connectivity index (χ2n) is 8.53. The van der Waals surface area contributed by atoms with Crippen molar-refractivity contribution in [3.63, 3.8) is 0 Å². The lowest BCUT2D eigenvalue weighted by Gasteiger charge is -2.15. The SMILES string of the molecule is CCOc1ccc(-n2c(-c3ccccc3)cc(/C=N\NC(=O)c3ccc(F)cc3)c2-c2ccccc2)cc1. The monoisotopic (exact) mass is 503 g/mol. The third kappa shape index (κ3) is 5.39. The molecule has 5 aromatic rings. The van der Waals surface area contributed by atoms with Crippen LogP contribution in [0.1, 0.15) is 22.8 Å². The van der Waals surface area contributed by atoms with Crippen LogP contribution < -0.4 is 10.2 Å². The second kappa shape index (κ2) is 11.4. The van der Waals surface area contributed by atoms with Crippen LogP contribution in [0.5, 0.6) is 5.75 Å². The molecule has 38 heavy (non-hydrogen) atoms. The van der Waals surface area contributed by atoms with Crippen molar-refractivity contribution in [3.8, 4) is 34.0 Å². The number of carbonyl (C=O) groups excluding carboxylic acids is 1. The Balaban J connectivity index is 1.61. The van der Waals surface area contributed by atoms with Crippen LogP contribution in [0, 0.1) is 5.82 Å². The molecule has 4 aromatic carbocycles. The molecule has 0 saturated heterocycles. The zero-order valence-electron chi connectivity index (χ0n) is 20.8. The van der Waals surface area contributed by atoms with E-state index in [9.17, 15) is 9.18 Å². The maximum Gasteiger partial charge on any atom is 0.271 e. The summed E-state index contributed by atoms with van der Waals surface area (Å²) in [4.78, 5) is 12.5. The van der Waals surface area contributed by atoms with E-state index in [1.807, 2.05) is 79.7 Å². The summed E-state index contributed by atoms with van der Waals surface area (Å²) < 4.78 is 21.1. The van der Waals surface area contributed by atoms with Gasteiger partial charge < -0.3 is 9.30 Å². The highest BCUT2D eigenvalue weighted by molar-refractivity contribution is 5.97. The van der Waals surface area contributed by atoms with E-state index >= 15 is 0 Å². The summed E-state index contributed by atoms with van der Waals surface area (Å²) in [6.45, 7) is 2.55. The number of amides is 1. The molecular formula is C32H26FN3O2. The van der Waals surface area contributed by atoms with Gasteiger partial charge in [-0.15, -0.1) is 0 Å². The van der Waals surface area contributed by atoms with Gasteiger partial charge in [0.1, 0.15) is 11.6 Å². The number of carbonyl (C=O) groups is 1. The molecule has 1 heterocycles. The van der Waals surface area contributed by atoms with Gasteiger partial charge in [-0.1, -0.05) is 60.7 Å². The van der Waals surface area contributed by atoms with Gasteiger partial charge in [0.2, 0.25) is 0 Å². The van der Waals surface area contributed by atoms with Crippen molar-refractivity contribution in [3.05, 3.63) is 132 Å². The highest BCUT2D eigenvalue weighted by Gasteiger charge is 2.19. The van der Waals surface area contributed by atoms with Crippen molar-refractivity contribution in [2.45, 2.75) is 6.92 Å². The molecule has 0 unspecified atom stereocenters. The van der Waals surface area contributed by atoms with Gasteiger partial charge in [-0.25, -0.2) is 9.82 Å². The average Bonchev–Trinajstić information content (AvgIpc) is 3.34. The lowest BCUT2D eigenvalue weighted by molar-refractivity contribution is 0.0955. The number of ether oxygens (including phenoxy) is 1. The predicted molar refractivity (Wildman–Crippen MR) is 149 cm³/mol. The molecule has 1 amide bonds. The summed E-state index contributed by atoms with van der Waals surface area (Å²) in [6, 6.07) is 35.5. The van der Waals surface area contributed by atoms with Gasteiger partial charge in [0.25, 0.3) is 5.91 Å². The Morgan fingerprint density at radius 2 is 1.50 bits per heavy atom. The molecule has 1 aromatic heterocycles. The zero-order valence-corrected chi connectivity index (χ0v) is 20.8. The molecule has 6 heteroatoms. The first-order valence-electron chi connectivity index (χ1n) is 12.3. The number of hydrogen-bond acceptors (Lipinski definition) is 3. The van der Waals surface area contributed by atoms with Crippen LogP contribution in [0.25, 0.3) is 28.2 Å². The summed E-state index contributed by atoms with van der Waals surface area (Å²) in [5.41, 5.74) is 8.59. The molecular weight excluding hydrogens is 477 g/mol. The highest BCUT2D eigenvalue weighted by atomic mass is 19.1. The molecule has 0 fully saturated rings. The molecule has 0 aliphatic rings. The molecule has 188 valence electrons. The number of aromatic nitrogens is 1. The Morgan fingerprint density at radius 3 is 2.13 bits per heavy atom. The van der Waals surface area contributed by atoms with Gasteiger partial charge in [0.05, 0.1) is 24.2 Å². The third-order valence-corrected chi connectivity index (χ3v) is 6.03. The van der Waals surface area contributed by atoms with Gasteiger partial charge in [0.15, 0.2) is 0 Å². The van der Waals surface area contributed by atoms with E-state index in [4.69, 9.17) is 4.74 Å². The minimum atomic E-state index is -0.420. The number of nitrogens with one attached hydrogen (secondary N) is 1. The number of hydrazone groups is 1. The van der Waals surface area contributed by atoms with Crippen molar-refractivity contribution in [2.24, 2.45) is 5.10 Å². The normalized spacial score (nSPS) is 11.0. The standard InChI is InChI=1S/C32H26FN3O2/c1-2-38-29-19-17-28(18-20-29)36-30(23-9-5-3-6-10-23)21-26(31(36)24-11-7-4-8-12-24)22-34-35-32(37)25-13-15-27(33)16-14-25/h3-22H,2H2,1H3,(H,35,37)/b34-22-. The summed E-state index contributed by atoms with van der Waals surface area (Å²) in [5, 5.41) is 4.26. The Labute approximate surface area is 220 Å². The van der Waals surface area contributed by atoms with Gasteiger partial charge >= 0.3 is 0 Å². The molecule has 0 bridgehead atoms. The van der Waals surface area contributed by atoms with E-state index < -0.39 is 11.7 Å². The quantitative estimate of drug-likeness (QED) is 0.181. The number of rotatable bonds is 8. The molecule has 5 rings (SSSR count). The molecule has 0 aliphatic carbocycles. The van der Waals surface area contributed by atoms with Gasteiger partial charge in [-0.3, -0.25) is 4.79 Å². The number of hydrogen-bond donors (Lipinski definition) is 1. The zero-order chi connectivity index (χ0) is 26.3. The third-order valence-electron chi connectivity index (χ3n) is 6.03. The Kier molecular flexibility index (Phi) is 7.41. The number of nitrogens with zero attached hydrogens (tertiary/aromatic N) is 2. The average molecular weight is 504 g/mol. The smallest absolute Gasteiger partial charge is 0.271 e. The van der Waals surface area contributed by atoms with E-state index in [-0.39, 0.29) is 0 Å². The summed E-state index contributed by atoms with van der Waals surface area (Å²) in [5.74, 6) is -0.0189. The highest BCUT2D eigenvalue weighted by Crippen LogP contribution is 2.35. The molecule has 5 nitrogen and oxygen atoms in total. The van der Waals surface area contributed by atoms with Gasteiger partial charge in [-0.05, 0) is 72.6 Å². The second-order valence-corrected chi connectivity index (χ2v) is 8.53. The summed E-state index contributed by atoms with van der Waals surface area (Å²) in [6.07, 6.45) is 1.64. The largest absolute Gasteiger partial charge is 0.494 e. The van der Waals surface area contributed by atoms with E-state index in [2.05, 4.69) is 33.3 Å². The maximum atomic E-state index is 13.2. The molecule has 0 aliphatic heterocycles. The van der Waals surface area contributed by atoms with Gasteiger partial charge in [-0.2, -0.15) is 5.10 Å². The first-order chi connectivity index (χ1) is 18.6. The van der Waals surface area contributed by atoms with Gasteiger partial charge in [0, 0.05) is 16.8 Å². The first-order valence-corrected chi connectivity index (χ1v) is 12.3. The number of halogens is 1. The topological polar surface area (TPSA) is 55.6 Å². The fourth-order valence-corrected chi connectivity index (χ4v) is 4.29. The Morgan fingerprint density at radius 1 is 0.868 bits per heavy atom. The first kappa shape index (κ1) is 24.7. The van der Waals surface area contributed by atoms with Crippen LogP contribution in [0.3, 0.4) is 0 Å².